The summed E-state index contributed by atoms with van der Waals surface area (Å²) in [6.45, 7) is 6.10. The highest BCUT2D eigenvalue weighted by Gasteiger charge is 2.20. The molecule has 2 atom stereocenters. The lowest BCUT2D eigenvalue weighted by molar-refractivity contribution is -0.384. The molecular weight excluding hydrogens is 833 g/mol. The van der Waals surface area contributed by atoms with E-state index in [1.807, 2.05) is 84.9 Å². The second-order valence-electron chi connectivity index (χ2n) is 15.4. The molecule has 8 aromatic carbocycles. The molecule has 0 aliphatic rings. The maximum Gasteiger partial charge on any atom is 0.296 e. The van der Waals surface area contributed by atoms with Gasteiger partial charge in [0.15, 0.2) is 11.4 Å². The quantitative estimate of drug-likeness (QED) is 0.0349. The van der Waals surface area contributed by atoms with Crippen LogP contribution in [-0.2, 0) is 0 Å². The van der Waals surface area contributed by atoms with Crippen molar-refractivity contribution in [2.75, 3.05) is 26.3 Å². The molecule has 66 heavy (non-hydrogen) atoms. The van der Waals surface area contributed by atoms with Crippen molar-refractivity contribution in [2.45, 2.75) is 25.9 Å². The zero-order valence-electron chi connectivity index (χ0n) is 36.3. The molecule has 14 heteroatoms. The second kappa shape index (κ2) is 21.0. The summed E-state index contributed by atoms with van der Waals surface area (Å²) in [4.78, 5) is 21.8. The molecule has 8 aromatic rings. The minimum atomic E-state index is -0.470. The van der Waals surface area contributed by atoms with Gasteiger partial charge in [-0.15, -0.1) is 10.2 Å². The van der Waals surface area contributed by atoms with Crippen molar-refractivity contribution < 1.29 is 19.3 Å². The fraction of sp³-hybridized carbons (Fsp3) is 0.154. The Balaban J connectivity index is 0.930. The van der Waals surface area contributed by atoms with E-state index in [-0.39, 0.29) is 34.8 Å². The summed E-state index contributed by atoms with van der Waals surface area (Å²) in [5.41, 5.74) is 5.38. The Kier molecular flexibility index (Phi) is 14.1. The van der Waals surface area contributed by atoms with Crippen molar-refractivity contribution in [2.24, 2.45) is 20.5 Å². The molecule has 8 rings (SSSR count). The molecule has 0 unspecified atom stereocenters. The van der Waals surface area contributed by atoms with Gasteiger partial charge in [0, 0.05) is 48.4 Å². The van der Waals surface area contributed by atoms with Crippen LogP contribution in [0, 0.1) is 20.2 Å². The van der Waals surface area contributed by atoms with Gasteiger partial charge in [-0.2, -0.15) is 10.2 Å². The van der Waals surface area contributed by atoms with Gasteiger partial charge in [0.1, 0.15) is 24.7 Å². The van der Waals surface area contributed by atoms with Crippen LogP contribution in [-0.4, -0.2) is 36.1 Å². The first-order valence-electron chi connectivity index (χ1n) is 21.5. The number of azo groups is 2. The molecule has 0 spiro atoms. The van der Waals surface area contributed by atoms with E-state index >= 15 is 0 Å². The first-order valence-corrected chi connectivity index (χ1v) is 21.5. The molecule has 0 saturated carbocycles. The van der Waals surface area contributed by atoms with Gasteiger partial charge in [-0.1, -0.05) is 109 Å². The first kappa shape index (κ1) is 44.4. The Bertz CT molecular complexity index is 2840. The maximum absolute atomic E-state index is 11.4. The van der Waals surface area contributed by atoms with Crippen molar-refractivity contribution in [3.05, 3.63) is 201 Å². The highest BCUT2D eigenvalue weighted by Crippen LogP contribution is 2.45. The number of fused-ring (bicyclic) bond motifs is 2. The molecule has 0 aliphatic carbocycles. The van der Waals surface area contributed by atoms with E-state index in [0.717, 1.165) is 55.3 Å². The molecule has 330 valence electrons. The van der Waals surface area contributed by atoms with Gasteiger partial charge in [0.05, 0.1) is 21.2 Å². The number of rotatable bonds is 19. The van der Waals surface area contributed by atoms with Gasteiger partial charge < -0.3 is 20.1 Å². The second-order valence-corrected chi connectivity index (χ2v) is 15.4. The van der Waals surface area contributed by atoms with Gasteiger partial charge in [0.2, 0.25) is 0 Å². The van der Waals surface area contributed by atoms with Crippen LogP contribution < -0.4 is 20.1 Å². The number of hydrogen-bond donors (Lipinski definition) is 2. The summed E-state index contributed by atoms with van der Waals surface area (Å²) in [5, 5.41) is 50.8. The first-order chi connectivity index (χ1) is 32.2. The lowest BCUT2D eigenvalue weighted by Gasteiger charge is -2.21. The third-order valence-electron chi connectivity index (χ3n) is 11.1. The van der Waals surface area contributed by atoms with Crippen molar-refractivity contribution >= 4 is 55.7 Å². The number of nitrogens with zero attached hydrogens (tertiary/aromatic N) is 6. The number of hydrogen-bond acceptors (Lipinski definition) is 12. The van der Waals surface area contributed by atoms with Crippen molar-refractivity contribution in [1.29, 1.82) is 0 Å². The van der Waals surface area contributed by atoms with Crippen LogP contribution in [0.3, 0.4) is 0 Å². The summed E-state index contributed by atoms with van der Waals surface area (Å²) in [6, 6.07) is 52.6. The lowest BCUT2D eigenvalue weighted by Crippen LogP contribution is -2.24. The molecular formula is C52H46N8O6. The Morgan fingerprint density at radius 3 is 1.26 bits per heavy atom. The molecule has 0 radical (unpaired) electrons. The summed E-state index contributed by atoms with van der Waals surface area (Å²) >= 11 is 0. The smallest absolute Gasteiger partial charge is 0.296 e. The average Bonchev–Trinajstić information content (AvgIpc) is 3.35. The highest BCUT2D eigenvalue weighted by molar-refractivity contribution is 6.09. The van der Waals surface area contributed by atoms with Crippen LogP contribution in [0.5, 0.6) is 11.5 Å². The summed E-state index contributed by atoms with van der Waals surface area (Å²) in [7, 11) is 0. The fourth-order valence-electron chi connectivity index (χ4n) is 7.66. The molecule has 0 aliphatic heterocycles. The van der Waals surface area contributed by atoms with Gasteiger partial charge in [0.25, 0.3) is 11.4 Å². The van der Waals surface area contributed by atoms with Crippen molar-refractivity contribution in [3.63, 3.8) is 0 Å². The van der Waals surface area contributed by atoms with E-state index < -0.39 is 9.85 Å². The van der Waals surface area contributed by atoms with Crippen LogP contribution in [0.2, 0.25) is 0 Å². The van der Waals surface area contributed by atoms with Crippen LogP contribution >= 0.6 is 0 Å². The number of nitro benzene ring substituents is 2. The zero-order chi connectivity index (χ0) is 45.8. The van der Waals surface area contributed by atoms with Crippen LogP contribution in [0.15, 0.2) is 190 Å². The highest BCUT2D eigenvalue weighted by atomic mass is 16.6. The summed E-state index contributed by atoms with van der Waals surface area (Å²) < 4.78 is 13.3. The molecule has 14 nitrogen and oxygen atoms in total. The Labute approximate surface area is 381 Å². The molecule has 0 saturated heterocycles. The van der Waals surface area contributed by atoms with E-state index in [0.29, 0.717) is 37.7 Å². The van der Waals surface area contributed by atoms with Crippen molar-refractivity contribution in [1.82, 2.24) is 10.6 Å². The Morgan fingerprint density at radius 1 is 0.470 bits per heavy atom. The predicted octanol–water partition coefficient (Wildman–Crippen LogP) is 13.8. The Morgan fingerprint density at radius 2 is 0.848 bits per heavy atom. The van der Waals surface area contributed by atoms with Gasteiger partial charge in [-0.3, -0.25) is 20.2 Å². The standard InChI is InChI=1S/C52H46N8O6/c1-35(37-19-25-41(26-20-37)55-57-45-15-7-9-17-47(45)59(61)62)53-31-33-65-49-29-23-39-11-3-5-13-43(39)51(49)52-44-14-6-4-12-40(44)24-30-50(52)66-34-32-54-36(2)38-21-27-42(28-22-38)56-58-46-16-8-10-18-48(46)60(63)64/h3-30,35-36,53-54H,31-34H2,1-2H3/t35-,36-/m1/s1. The third-order valence-corrected chi connectivity index (χ3v) is 11.1. The van der Waals surface area contributed by atoms with Gasteiger partial charge in [-0.05, 0) is 95.1 Å². The van der Waals surface area contributed by atoms with E-state index in [2.05, 4.69) is 81.3 Å². The number of para-hydroxylation sites is 2. The number of nitrogens with one attached hydrogen (secondary N) is 2. The minimum Gasteiger partial charge on any atom is -0.492 e. The summed E-state index contributed by atoms with van der Waals surface area (Å²) in [6.07, 6.45) is 0. The van der Waals surface area contributed by atoms with Crippen LogP contribution in [0.25, 0.3) is 32.7 Å². The maximum atomic E-state index is 11.4. The SMILES string of the molecule is C[C@@H](NCCOc1ccc2ccccc2c1-c1c(OCCN[C@H](C)c2ccc(N=Nc3ccccc3[N+](=O)[O-])cc2)ccc2ccccc12)c1ccc(N=Nc2ccccc2[N+](=O)[O-])cc1. The molecule has 0 bridgehead atoms. The number of benzene rings is 8. The molecule has 0 amide bonds. The minimum absolute atomic E-state index is 0.00385. The molecule has 2 N–H and O–H groups in total. The van der Waals surface area contributed by atoms with E-state index in [9.17, 15) is 20.2 Å². The van der Waals surface area contributed by atoms with E-state index in [4.69, 9.17) is 9.47 Å². The molecule has 0 heterocycles. The summed E-state index contributed by atoms with van der Waals surface area (Å²) in [5.74, 6) is 1.49. The van der Waals surface area contributed by atoms with E-state index in [1.54, 1.807) is 36.4 Å². The van der Waals surface area contributed by atoms with Gasteiger partial charge >= 0.3 is 0 Å². The predicted molar refractivity (Wildman–Crippen MR) is 258 cm³/mol. The van der Waals surface area contributed by atoms with Crippen LogP contribution in [0.1, 0.15) is 37.1 Å². The van der Waals surface area contributed by atoms with Gasteiger partial charge in [-0.25, -0.2) is 0 Å². The molecule has 0 fully saturated rings. The zero-order valence-corrected chi connectivity index (χ0v) is 36.3. The molecule has 0 aromatic heterocycles. The van der Waals surface area contributed by atoms with Crippen LogP contribution in [0.4, 0.5) is 34.1 Å². The average molecular weight is 879 g/mol. The topological polar surface area (TPSA) is 178 Å². The lowest BCUT2D eigenvalue weighted by atomic mass is 9.92. The van der Waals surface area contributed by atoms with E-state index in [1.165, 1.54) is 12.1 Å². The largest absolute Gasteiger partial charge is 0.492 e. The number of ether oxygens (including phenoxy) is 2. The number of nitro groups is 2. The fourth-order valence-corrected chi connectivity index (χ4v) is 7.66. The van der Waals surface area contributed by atoms with Crippen molar-refractivity contribution in [3.8, 4) is 22.6 Å². The normalized spacial score (nSPS) is 12.5. The third kappa shape index (κ3) is 10.6. The monoisotopic (exact) mass is 878 g/mol. The Hall–Kier alpha value is -8.20.